The minimum Gasteiger partial charge on any atom is -0.382 e. The van der Waals surface area contributed by atoms with Crippen LogP contribution in [0.5, 0.6) is 0 Å². The van der Waals surface area contributed by atoms with Gasteiger partial charge in [0.2, 0.25) is 0 Å². The van der Waals surface area contributed by atoms with Gasteiger partial charge in [-0.1, -0.05) is 6.92 Å². The van der Waals surface area contributed by atoms with Crippen LogP contribution < -0.4 is 5.73 Å². The number of nitrogens with two attached hydrogens (primary N) is 1. The maximum atomic E-state index is 9.13. The zero-order chi connectivity index (χ0) is 13.4. The van der Waals surface area contributed by atoms with E-state index in [-0.39, 0.29) is 5.82 Å². The fourth-order valence-electron chi connectivity index (χ4n) is 1.92. The summed E-state index contributed by atoms with van der Waals surface area (Å²) in [4.78, 5) is 15.2. The van der Waals surface area contributed by atoms with Crippen molar-refractivity contribution in [2.75, 3.05) is 5.73 Å². The average molecular weight is 254 g/mol. The molecule has 3 N–H and O–H groups in total. The molecular formula is C11H10N8. The Morgan fingerprint density at radius 2 is 2.26 bits per heavy atom. The summed E-state index contributed by atoms with van der Waals surface area (Å²) in [6, 6.07) is 2.07. The van der Waals surface area contributed by atoms with E-state index in [2.05, 4.69) is 31.1 Å². The van der Waals surface area contributed by atoms with Crippen LogP contribution in [-0.4, -0.2) is 29.7 Å². The van der Waals surface area contributed by atoms with E-state index >= 15 is 0 Å². The Labute approximate surface area is 107 Å². The quantitative estimate of drug-likeness (QED) is 0.688. The van der Waals surface area contributed by atoms with Crippen LogP contribution in [0, 0.1) is 11.3 Å². The van der Waals surface area contributed by atoms with E-state index in [0.717, 1.165) is 0 Å². The number of aryl methyl sites for hydroxylation is 1. The Hall–Kier alpha value is -2.95. The number of fused-ring (bicyclic) bond motifs is 1. The molecule has 0 amide bonds. The molecule has 3 aromatic rings. The van der Waals surface area contributed by atoms with Crippen molar-refractivity contribution >= 4 is 17.0 Å². The molecule has 0 fully saturated rings. The van der Waals surface area contributed by atoms with Gasteiger partial charge in [0.1, 0.15) is 29.3 Å². The molecule has 3 heterocycles. The zero-order valence-electron chi connectivity index (χ0n) is 10.1. The van der Waals surface area contributed by atoms with Gasteiger partial charge in [-0.25, -0.2) is 15.0 Å². The number of anilines is 1. The van der Waals surface area contributed by atoms with E-state index in [4.69, 9.17) is 11.0 Å². The lowest BCUT2D eigenvalue weighted by Crippen LogP contribution is -2.06. The topological polar surface area (TPSA) is 122 Å². The molecular weight excluding hydrogens is 244 g/mol. The second-order valence-corrected chi connectivity index (χ2v) is 3.88. The number of aromatic nitrogens is 6. The van der Waals surface area contributed by atoms with E-state index in [9.17, 15) is 0 Å². The van der Waals surface area contributed by atoms with Crippen LogP contribution in [0.2, 0.25) is 0 Å². The molecule has 0 bridgehead atoms. The molecule has 0 atom stereocenters. The molecule has 19 heavy (non-hydrogen) atoms. The number of nitrogens with one attached hydrogen (secondary N) is 1. The highest BCUT2D eigenvalue weighted by Gasteiger charge is 2.18. The van der Waals surface area contributed by atoms with Gasteiger partial charge in [-0.3, -0.25) is 0 Å². The summed E-state index contributed by atoms with van der Waals surface area (Å²) in [6.07, 6.45) is 3.53. The van der Waals surface area contributed by atoms with Crippen LogP contribution in [-0.2, 0) is 6.42 Å². The van der Waals surface area contributed by atoms with Gasteiger partial charge in [-0.05, 0) is 6.42 Å². The molecule has 0 saturated carbocycles. The number of imidazole rings is 1. The van der Waals surface area contributed by atoms with Crippen LogP contribution in [0.25, 0.3) is 17.0 Å². The maximum absolute atomic E-state index is 9.13. The Morgan fingerprint density at radius 1 is 1.42 bits per heavy atom. The Balaban J connectivity index is 2.31. The molecule has 0 aliphatic heterocycles. The number of hydrogen-bond donors (Lipinski definition) is 2. The van der Waals surface area contributed by atoms with E-state index in [1.165, 1.54) is 17.3 Å². The monoisotopic (exact) mass is 254 g/mol. The molecule has 8 heteroatoms. The minimum atomic E-state index is 0.272. The Bertz CT molecular complexity index is 791. The molecule has 0 aliphatic carbocycles. The number of nitrogen functional groups attached to an aromatic ring is 1. The van der Waals surface area contributed by atoms with E-state index in [1.807, 2.05) is 6.92 Å². The highest BCUT2D eigenvalue weighted by Crippen LogP contribution is 2.22. The van der Waals surface area contributed by atoms with Crippen molar-refractivity contribution in [1.29, 1.82) is 5.26 Å². The van der Waals surface area contributed by atoms with Crippen molar-refractivity contribution < 1.29 is 0 Å². The molecule has 3 rings (SSSR count). The normalized spacial score (nSPS) is 10.7. The third-order valence-electron chi connectivity index (χ3n) is 2.84. The van der Waals surface area contributed by atoms with Crippen molar-refractivity contribution in [2.24, 2.45) is 0 Å². The minimum absolute atomic E-state index is 0.272. The van der Waals surface area contributed by atoms with Gasteiger partial charge in [0, 0.05) is 0 Å². The average Bonchev–Trinajstić information content (AvgIpc) is 3.02. The molecule has 0 aromatic carbocycles. The summed E-state index contributed by atoms with van der Waals surface area (Å²) < 4.78 is 1.44. The van der Waals surface area contributed by atoms with Gasteiger partial charge in [-0.2, -0.15) is 15.0 Å². The van der Waals surface area contributed by atoms with Crippen LogP contribution in [0.4, 0.5) is 5.82 Å². The van der Waals surface area contributed by atoms with Gasteiger partial charge in [-0.15, -0.1) is 0 Å². The lowest BCUT2D eigenvalue weighted by molar-refractivity contribution is 0.825. The number of aromatic amines is 1. The predicted octanol–water partition coefficient (Wildman–Crippen LogP) is 0.555. The van der Waals surface area contributed by atoms with Crippen molar-refractivity contribution in [3.05, 3.63) is 23.9 Å². The standard InChI is InChI=1S/C11H10N8/c1-2-7-6(3-12)9(13)19(18-7)11-8-10(15-4-14-8)16-5-17-11/h4-5H,2,13H2,1H3,(H,14,15,16,17). The number of nitrogens with zero attached hydrogens (tertiary/aromatic N) is 6. The highest BCUT2D eigenvalue weighted by atomic mass is 15.4. The smallest absolute Gasteiger partial charge is 0.184 e. The van der Waals surface area contributed by atoms with Gasteiger partial charge >= 0.3 is 0 Å². The molecule has 0 unspecified atom stereocenters. The highest BCUT2D eigenvalue weighted by molar-refractivity contribution is 5.78. The first-order valence-electron chi connectivity index (χ1n) is 5.68. The summed E-state index contributed by atoms with van der Waals surface area (Å²) in [7, 11) is 0. The number of nitriles is 1. The second-order valence-electron chi connectivity index (χ2n) is 3.88. The van der Waals surface area contributed by atoms with Crippen LogP contribution in [0.3, 0.4) is 0 Å². The first-order chi connectivity index (χ1) is 9.26. The Morgan fingerprint density at radius 3 is 2.95 bits per heavy atom. The summed E-state index contributed by atoms with van der Waals surface area (Å²) >= 11 is 0. The van der Waals surface area contributed by atoms with Crippen molar-refractivity contribution in [3.63, 3.8) is 0 Å². The summed E-state index contributed by atoms with van der Waals surface area (Å²) in [5.41, 5.74) is 8.15. The molecule has 0 aliphatic rings. The molecule has 94 valence electrons. The van der Waals surface area contributed by atoms with E-state index in [1.54, 1.807) is 0 Å². The van der Waals surface area contributed by atoms with Crippen LogP contribution in [0.1, 0.15) is 18.2 Å². The van der Waals surface area contributed by atoms with Gasteiger partial charge in [0.25, 0.3) is 0 Å². The van der Waals surface area contributed by atoms with E-state index < -0.39 is 0 Å². The maximum Gasteiger partial charge on any atom is 0.184 e. The lowest BCUT2D eigenvalue weighted by Gasteiger charge is -2.02. The summed E-state index contributed by atoms with van der Waals surface area (Å²) in [6.45, 7) is 1.92. The van der Waals surface area contributed by atoms with Crippen molar-refractivity contribution in [1.82, 2.24) is 29.7 Å². The first kappa shape index (κ1) is 11.2. The van der Waals surface area contributed by atoms with Gasteiger partial charge < -0.3 is 10.7 Å². The van der Waals surface area contributed by atoms with Gasteiger partial charge in [0.05, 0.1) is 12.0 Å². The third-order valence-corrected chi connectivity index (χ3v) is 2.84. The zero-order valence-corrected chi connectivity index (χ0v) is 10.1. The molecule has 3 aromatic heterocycles. The molecule has 8 nitrogen and oxygen atoms in total. The molecule has 0 radical (unpaired) electrons. The summed E-state index contributed by atoms with van der Waals surface area (Å²) in [5, 5.41) is 13.5. The van der Waals surface area contributed by atoms with Crippen molar-refractivity contribution in [3.8, 4) is 11.9 Å². The van der Waals surface area contributed by atoms with Crippen LogP contribution >= 0.6 is 0 Å². The predicted molar refractivity (Wildman–Crippen MR) is 67.3 cm³/mol. The number of rotatable bonds is 2. The lowest BCUT2D eigenvalue weighted by atomic mass is 10.2. The summed E-state index contributed by atoms with van der Waals surface area (Å²) in [5.74, 6) is 0.755. The first-order valence-corrected chi connectivity index (χ1v) is 5.68. The van der Waals surface area contributed by atoms with Gasteiger partial charge in [0.15, 0.2) is 11.5 Å². The van der Waals surface area contributed by atoms with Crippen LogP contribution in [0.15, 0.2) is 12.7 Å². The number of H-pyrrole nitrogens is 1. The van der Waals surface area contributed by atoms with E-state index in [0.29, 0.717) is 34.7 Å². The third kappa shape index (κ3) is 1.52. The second kappa shape index (κ2) is 4.06. The molecule has 0 saturated heterocycles. The van der Waals surface area contributed by atoms with Crippen molar-refractivity contribution in [2.45, 2.75) is 13.3 Å². The fourth-order valence-corrected chi connectivity index (χ4v) is 1.92. The number of hydrogen-bond acceptors (Lipinski definition) is 6. The molecule has 0 spiro atoms. The SMILES string of the molecule is CCc1nn(-c2ncnc3nc[nH]c23)c(N)c1C#N. The Kier molecular flexibility index (Phi) is 2.38. The fraction of sp³-hybridized carbons (Fsp3) is 0.182. The largest absolute Gasteiger partial charge is 0.382 e.